The number of aromatic nitrogens is 1. The molecule has 0 radical (unpaired) electrons. The molecule has 0 unspecified atom stereocenters. The van der Waals surface area contributed by atoms with Gasteiger partial charge < -0.3 is 9.84 Å². The molecule has 4 heteroatoms. The van der Waals surface area contributed by atoms with Gasteiger partial charge in [-0.1, -0.05) is 41.9 Å². The average Bonchev–Trinajstić information content (AvgIpc) is 2.53. The topological polar surface area (TPSA) is 42.4 Å². The van der Waals surface area contributed by atoms with E-state index in [0.717, 1.165) is 22.2 Å². The van der Waals surface area contributed by atoms with Crippen LogP contribution in [0.3, 0.4) is 0 Å². The largest absolute Gasteiger partial charge is 0.486 e. The molecule has 0 atom stereocenters. The molecule has 2 aromatic carbocycles. The lowest BCUT2D eigenvalue weighted by molar-refractivity contribution is 0.280. The summed E-state index contributed by atoms with van der Waals surface area (Å²) in [7, 11) is 0. The van der Waals surface area contributed by atoms with Crippen LogP contribution in [0, 0.1) is 0 Å². The van der Waals surface area contributed by atoms with Crippen LogP contribution in [-0.2, 0) is 13.2 Å². The fraction of sp³-hybridized carbons (Fsp3) is 0.118. The van der Waals surface area contributed by atoms with Gasteiger partial charge in [-0.25, -0.2) is 4.98 Å². The van der Waals surface area contributed by atoms with E-state index in [1.54, 1.807) is 18.2 Å². The fourth-order valence-corrected chi connectivity index (χ4v) is 2.36. The molecule has 3 aromatic rings. The lowest BCUT2D eigenvalue weighted by atomic mass is 10.2. The van der Waals surface area contributed by atoms with Gasteiger partial charge in [-0.3, -0.25) is 0 Å². The highest BCUT2D eigenvalue weighted by Crippen LogP contribution is 2.26. The third kappa shape index (κ3) is 3.15. The fourth-order valence-electron chi connectivity index (χ4n) is 2.10. The first-order valence-corrected chi connectivity index (χ1v) is 7.01. The number of hydrogen-bond donors (Lipinski definition) is 1. The lowest BCUT2D eigenvalue weighted by Gasteiger charge is -2.09. The maximum atomic E-state index is 9.05. The predicted molar refractivity (Wildman–Crippen MR) is 83.4 cm³/mol. The van der Waals surface area contributed by atoms with Crippen molar-refractivity contribution in [3.05, 3.63) is 70.9 Å². The summed E-state index contributed by atoms with van der Waals surface area (Å²) >= 11 is 6.11. The van der Waals surface area contributed by atoms with Crippen LogP contribution >= 0.6 is 11.6 Å². The van der Waals surface area contributed by atoms with Crippen molar-refractivity contribution >= 4 is 22.5 Å². The third-order valence-electron chi connectivity index (χ3n) is 3.21. The molecular formula is C17H14ClNO2. The van der Waals surface area contributed by atoms with E-state index in [1.807, 2.05) is 36.4 Å². The van der Waals surface area contributed by atoms with Gasteiger partial charge in [0.1, 0.15) is 12.4 Å². The molecule has 1 heterocycles. The summed E-state index contributed by atoms with van der Waals surface area (Å²) in [6.07, 6.45) is 0. The first-order valence-electron chi connectivity index (χ1n) is 6.63. The van der Waals surface area contributed by atoms with Gasteiger partial charge in [-0.05, 0) is 29.8 Å². The molecule has 0 bridgehead atoms. The normalized spacial score (nSPS) is 10.8. The number of pyridine rings is 1. The zero-order valence-corrected chi connectivity index (χ0v) is 12.0. The van der Waals surface area contributed by atoms with Crippen LogP contribution in [0.25, 0.3) is 10.9 Å². The van der Waals surface area contributed by atoms with Crippen LogP contribution in [0.15, 0.2) is 54.6 Å². The Kier molecular flexibility index (Phi) is 4.04. The van der Waals surface area contributed by atoms with Gasteiger partial charge in [0.15, 0.2) is 0 Å². The van der Waals surface area contributed by atoms with Crippen molar-refractivity contribution in [1.29, 1.82) is 0 Å². The Morgan fingerprint density at radius 1 is 1.05 bits per heavy atom. The van der Waals surface area contributed by atoms with Crippen LogP contribution in [0.2, 0.25) is 5.02 Å². The van der Waals surface area contributed by atoms with Crippen molar-refractivity contribution in [3.63, 3.8) is 0 Å². The lowest BCUT2D eigenvalue weighted by Crippen LogP contribution is -1.99. The second-order valence-electron chi connectivity index (χ2n) is 4.71. The Bertz CT molecular complexity index is 774. The van der Waals surface area contributed by atoms with Crippen LogP contribution < -0.4 is 4.74 Å². The van der Waals surface area contributed by atoms with Crippen molar-refractivity contribution in [2.75, 3.05) is 0 Å². The molecule has 0 amide bonds. The Balaban J connectivity index is 1.77. The molecule has 106 valence electrons. The molecule has 0 spiro atoms. The van der Waals surface area contributed by atoms with Crippen LogP contribution in [0.5, 0.6) is 5.75 Å². The van der Waals surface area contributed by atoms with E-state index in [9.17, 15) is 0 Å². The quantitative estimate of drug-likeness (QED) is 0.793. The summed E-state index contributed by atoms with van der Waals surface area (Å²) in [6, 6.07) is 17.2. The Morgan fingerprint density at radius 2 is 1.90 bits per heavy atom. The Morgan fingerprint density at radius 3 is 2.71 bits per heavy atom. The zero-order chi connectivity index (χ0) is 14.7. The van der Waals surface area contributed by atoms with Crippen molar-refractivity contribution < 1.29 is 9.84 Å². The van der Waals surface area contributed by atoms with Crippen molar-refractivity contribution in [3.8, 4) is 5.75 Å². The number of halogens is 1. The molecule has 1 aromatic heterocycles. The maximum Gasteiger partial charge on any atom is 0.138 e. The summed E-state index contributed by atoms with van der Waals surface area (Å²) in [6.45, 7) is 0.315. The van der Waals surface area contributed by atoms with Gasteiger partial charge in [-0.2, -0.15) is 0 Å². The summed E-state index contributed by atoms with van der Waals surface area (Å²) in [5, 5.41) is 10.6. The highest BCUT2D eigenvalue weighted by Gasteiger charge is 2.04. The van der Waals surface area contributed by atoms with Crippen LogP contribution in [0.4, 0.5) is 0 Å². The predicted octanol–water partition coefficient (Wildman–Crippen LogP) is 3.96. The smallest absolute Gasteiger partial charge is 0.138 e. The van der Waals surface area contributed by atoms with Gasteiger partial charge in [0.05, 0.1) is 22.8 Å². The number of nitrogens with zero attached hydrogens (tertiary/aromatic N) is 1. The minimum Gasteiger partial charge on any atom is -0.486 e. The third-order valence-corrected chi connectivity index (χ3v) is 3.51. The minimum absolute atomic E-state index is 0.0355. The first kappa shape index (κ1) is 13.9. The maximum absolute atomic E-state index is 9.05. The van der Waals surface area contributed by atoms with Gasteiger partial charge in [-0.15, -0.1) is 0 Å². The standard InChI is InChI=1S/C17H14ClNO2/c18-15-9-12(10-20)5-8-17(15)21-11-14-7-6-13-3-1-2-4-16(13)19-14/h1-9,20H,10-11H2. The molecule has 1 N–H and O–H groups in total. The summed E-state index contributed by atoms with van der Waals surface area (Å²) < 4.78 is 5.70. The molecular weight excluding hydrogens is 286 g/mol. The second kappa shape index (κ2) is 6.12. The monoisotopic (exact) mass is 299 g/mol. The number of rotatable bonds is 4. The van der Waals surface area contributed by atoms with E-state index in [2.05, 4.69) is 4.98 Å². The minimum atomic E-state index is -0.0355. The molecule has 0 saturated heterocycles. The second-order valence-corrected chi connectivity index (χ2v) is 5.11. The highest BCUT2D eigenvalue weighted by molar-refractivity contribution is 6.32. The summed E-state index contributed by atoms with van der Waals surface area (Å²) in [4.78, 5) is 4.55. The van der Waals surface area contributed by atoms with Crippen LogP contribution in [-0.4, -0.2) is 10.1 Å². The van der Waals surface area contributed by atoms with E-state index in [-0.39, 0.29) is 6.61 Å². The van der Waals surface area contributed by atoms with E-state index < -0.39 is 0 Å². The molecule has 21 heavy (non-hydrogen) atoms. The van der Waals surface area contributed by atoms with Gasteiger partial charge in [0, 0.05) is 5.39 Å². The van der Waals surface area contributed by atoms with Gasteiger partial charge in [0.2, 0.25) is 0 Å². The highest BCUT2D eigenvalue weighted by atomic mass is 35.5. The van der Waals surface area contributed by atoms with E-state index in [0.29, 0.717) is 17.4 Å². The number of benzene rings is 2. The Labute approximate surface area is 127 Å². The molecule has 0 saturated carbocycles. The number of para-hydroxylation sites is 1. The number of fused-ring (bicyclic) bond motifs is 1. The zero-order valence-electron chi connectivity index (χ0n) is 11.3. The SMILES string of the molecule is OCc1ccc(OCc2ccc3ccccc3n2)c(Cl)c1. The van der Waals surface area contributed by atoms with E-state index in [4.69, 9.17) is 21.4 Å². The van der Waals surface area contributed by atoms with Crippen molar-refractivity contribution in [1.82, 2.24) is 4.98 Å². The molecule has 3 rings (SSSR count). The molecule has 0 fully saturated rings. The number of hydrogen-bond acceptors (Lipinski definition) is 3. The van der Waals surface area contributed by atoms with Crippen molar-refractivity contribution in [2.45, 2.75) is 13.2 Å². The van der Waals surface area contributed by atoms with Gasteiger partial charge in [0.25, 0.3) is 0 Å². The molecule has 3 nitrogen and oxygen atoms in total. The number of aliphatic hydroxyl groups excluding tert-OH is 1. The summed E-state index contributed by atoms with van der Waals surface area (Å²) in [5.74, 6) is 0.587. The Hall–Kier alpha value is -2.10. The first-order chi connectivity index (χ1) is 10.3. The number of aliphatic hydroxyl groups is 1. The average molecular weight is 300 g/mol. The van der Waals surface area contributed by atoms with Crippen LogP contribution in [0.1, 0.15) is 11.3 Å². The van der Waals surface area contributed by atoms with Gasteiger partial charge >= 0.3 is 0 Å². The van der Waals surface area contributed by atoms with Crippen molar-refractivity contribution in [2.24, 2.45) is 0 Å². The number of ether oxygens (including phenoxy) is 1. The van der Waals surface area contributed by atoms with E-state index >= 15 is 0 Å². The summed E-state index contributed by atoms with van der Waals surface area (Å²) in [5.41, 5.74) is 2.55. The molecule has 0 aliphatic carbocycles. The molecule has 0 aliphatic rings. The van der Waals surface area contributed by atoms with E-state index in [1.165, 1.54) is 0 Å². The molecule has 0 aliphatic heterocycles.